The third kappa shape index (κ3) is 2.56. The molecular weight excluding hydrogens is 321 g/mol. The maximum Gasteiger partial charge on any atom is 0.416 e. The smallest absolute Gasteiger partial charge is 0.330 e. The monoisotopic (exact) mass is 328 g/mol. The van der Waals surface area contributed by atoms with E-state index >= 15 is 0 Å². The molecule has 2 aromatic carbocycles. The summed E-state index contributed by atoms with van der Waals surface area (Å²) in [5, 5.41) is 0.523. The highest BCUT2D eigenvalue weighted by Gasteiger charge is 2.30. The van der Waals surface area contributed by atoms with Gasteiger partial charge in [-0.05, 0) is 48.6 Å². The number of nitrogens with one attached hydrogen (secondary N) is 1. The summed E-state index contributed by atoms with van der Waals surface area (Å²) in [5.41, 5.74) is 0.974. The van der Waals surface area contributed by atoms with Gasteiger partial charge in [0.1, 0.15) is 0 Å². The van der Waals surface area contributed by atoms with Gasteiger partial charge in [0.15, 0.2) is 4.77 Å². The molecule has 7 heteroatoms. The van der Waals surface area contributed by atoms with Gasteiger partial charge < -0.3 is 4.98 Å². The summed E-state index contributed by atoms with van der Waals surface area (Å²) in [6.07, 6.45) is -4.40. The lowest BCUT2D eigenvalue weighted by molar-refractivity contribution is -0.137. The zero-order valence-electron chi connectivity index (χ0n) is 10.4. The van der Waals surface area contributed by atoms with Crippen molar-refractivity contribution in [3.8, 4) is 5.69 Å². The van der Waals surface area contributed by atoms with Crippen LogP contribution in [0, 0.1) is 4.77 Å². The van der Waals surface area contributed by atoms with Crippen molar-refractivity contribution >= 4 is 34.9 Å². The molecule has 0 saturated heterocycles. The predicted molar refractivity (Wildman–Crippen MR) is 78.5 cm³/mol. The van der Waals surface area contributed by atoms with E-state index in [1.165, 1.54) is 6.07 Å². The number of hydrogen-bond donors (Lipinski definition) is 1. The molecule has 0 spiro atoms. The second-order valence-corrected chi connectivity index (χ2v) is 5.30. The maximum atomic E-state index is 12.8. The van der Waals surface area contributed by atoms with Crippen molar-refractivity contribution in [3.05, 3.63) is 57.8 Å². The van der Waals surface area contributed by atoms with E-state index in [1.54, 1.807) is 28.8 Å². The van der Waals surface area contributed by atoms with Crippen LogP contribution >= 0.6 is 23.8 Å². The summed E-state index contributed by atoms with van der Waals surface area (Å²) in [7, 11) is 0. The summed E-state index contributed by atoms with van der Waals surface area (Å²) in [6.45, 7) is 0. The average molecular weight is 329 g/mol. The van der Waals surface area contributed by atoms with Crippen LogP contribution in [0.25, 0.3) is 16.7 Å². The van der Waals surface area contributed by atoms with Gasteiger partial charge >= 0.3 is 6.18 Å². The van der Waals surface area contributed by atoms with E-state index in [9.17, 15) is 13.2 Å². The highest BCUT2D eigenvalue weighted by Crippen LogP contribution is 2.31. The Morgan fingerprint density at radius 1 is 1.10 bits per heavy atom. The number of H-pyrrole nitrogens is 1. The second-order valence-electron chi connectivity index (χ2n) is 4.48. The first kappa shape index (κ1) is 14.2. The predicted octanol–water partition coefficient (Wildman–Crippen LogP) is 5.36. The Labute approximate surface area is 127 Å². The summed E-state index contributed by atoms with van der Waals surface area (Å²) in [6, 6.07) is 10.1. The van der Waals surface area contributed by atoms with Gasteiger partial charge in [-0.15, -0.1) is 0 Å². The van der Waals surface area contributed by atoms with Gasteiger partial charge in [-0.25, -0.2) is 0 Å². The molecule has 0 fully saturated rings. The van der Waals surface area contributed by atoms with Crippen molar-refractivity contribution in [2.24, 2.45) is 0 Å². The van der Waals surface area contributed by atoms with E-state index in [4.69, 9.17) is 23.8 Å². The highest BCUT2D eigenvalue weighted by molar-refractivity contribution is 7.71. The first-order valence-electron chi connectivity index (χ1n) is 5.94. The third-order valence-corrected chi connectivity index (χ3v) is 3.60. The van der Waals surface area contributed by atoms with Crippen LogP contribution in [0.1, 0.15) is 5.56 Å². The first-order valence-corrected chi connectivity index (χ1v) is 6.73. The molecule has 1 N–H and O–H groups in total. The molecule has 1 aromatic heterocycles. The molecule has 108 valence electrons. The number of fused-ring (bicyclic) bond motifs is 1. The van der Waals surface area contributed by atoms with Crippen molar-refractivity contribution in [1.29, 1.82) is 0 Å². The van der Waals surface area contributed by atoms with E-state index in [0.717, 1.165) is 12.1 Å². The van der Waals surface area contributed by atoms with Crippen LogP contribution in [0.3, 0.4) is 0 Å². The van der Waals surface area contributed by atoms with Gasteiger partial charge in [0, 0.05) is 10.7 Å². The minimum absolute atomic E-state index is 0.312. The van der Waals surface area contributed by atoms with Crippen molar-refractivity contribution in [1.82, 2.24) is 9.55 Å². The lowest BCUT2D eigenvalue weighted by atomic mass is 10.2. The van der Waals surface area contributed by atoms with Gasteiger partial charge in [0.2, 0.25) is 0 Å². The largest absolute Gasteiger partial charge is 0.416 e. The molecule has 0 aliphatic rings. The Hall–Kier alpha value is -1.79. The molecule has 0 aliphatic heterocycles. The summed E-state index contributed by atoms with van der Waals surface area (Å²) >= 11 is 11.1. The summed E-state index contributed by atoms with van der Waals surface area (Å²) in [5.74, 6) is 0. The van der Waals surface area contributed by atoms with E-state index in [2.05, 4.69) is 4.98 Å². The number of nitrogens with zero attached hydrogens (tertiary/aromatic N) is 1. The number of rotatable bonds is 1. The first-order chi connectivity index (χ1) is 9.86. The van der Waals surface area contributed by atoms with Crippen molar-refractivity contribution in [3.63, 3.8) is 0 Å². The Morgan fingerprint density at radius 2 is 1.86 bits per heavy atom. The fraction of sp³-hybridized carbons (Fsp3) is 0.0714. The van der Waals surface area contributed by atoms with Gasteiger partial charge in [0.25, 0.3) is 0 Å². The van der Waals surface area contributed by atoms with Crippen LogP contribution < -0.4 is 0 Å². The quantitative estimate of drug-likeness (QED) is 0.596. The Bertz CT molecular complexity index is 880. The Balaban J connectivity index is 2.26. The molecule has 0 saturated carbocycles. The Morgan fingerprint density at radius 3 is 2.57 bits per heavy atom. The lowest BCUT2D eigenvalue weighted by Gasteiger charge is -2.10. The van der Waals surface area contributed by atoms with Gasteiger partial charge in [-0.2, -0.15) is 13.2 Å². The average Bonchev–Trinajstić information content (AvgIpc) is 2.73. The zero-order chi connectivity index (χ0) is 15.2. The van der Waals surface area contributed by atoms with E-state index in [1.807, 2.05) is 0 Å². The summed E-state index contributed by atoms with van der Waals surface area (Å²) in [4.78, 5) is 2.94. The molecule has 3 aromatic rings. The molecule has 3 rings (SSSR count). The maximum absolute atomic E-state index is 12.8. The number of aromatic nitrogens is 2. The number of imidazole rings is 1. The molecule has 0 aliphatic carbocycles. The normalized spacial score (nSPS) is 12.0. The van der Waals surface area contributed by atoms with Crippen LogP contribution in [0.5, 0.6) is 0 Å². The van der Waals surface area contributed by atoms with Crippen molar-refractivity contribution in [2.75, 3.05) is 0 Å². The molecule has 0 radical (unpaired) electrons. The molecule has 2 nitrogen and oxygen atoms in total. The molecule has 0 unspecified atom stereocenters. The highest BCUT2D eigenvalue weighted by atomic mass is 35.5. The minimum atomic E-state index is -4.40. The number of aromatic amines is 1. The Kier molecular flexibility index (Phi) is 3.30. The minimum Gasteiger partial charge on any atom is -0.330 e. The van der Waals surface area contributed by atoms with Crippen LogP contribution in [-0.2, 0) is 6.18 Å². The molecule has 0 atom stereocenters. The van der Waals surface area contributed by atoms with E-state index in [0.29, 0.717) is 26.5 Å². The second kappa shape index (κ2) is 4.89. The van der Waals surface area contributed by atoms with Crippen molar-refractivity contribution in [2.45, 2.75) is 6.18 Å². The van der Waals surface area contributed by atoms with Gasteiger partial charge in [0.05, 0.1) is 16.6 Å². The number of alkyl halides is 3. The van der Waals surface area contributed by atoms with Gasteiger partial charge in [-0.3, -0.25) is 4.57 Å². The van der Waals surface area contributed by atoms with Crippen molar-refractivity contribution < 1.29 is 13.2 Å². The molecule has 1 heterocycles. The topological polar surface area (TPSA) is 20.7 Å². The SMILES string of the molecule is FC(F)(F)c1cccc(-n2c(=S)[nH]c3cc(Cl)ccc32)c1. The van der Waals surface area contributed by atoms with Crippen LogP contribution in [0.4, 0.5) is 13.2 Å². The molecular formula is C14H8ClF3N2S. The fourth-order valence-corrected chi connectivity index (χ4v) is 2.65. The van der Waals surface area contributed by atoms with E-state index < -0.39 is 11.7 Å². The molecule has 0 bridgehead atoms. The fourth-order valence-electron chi connectivity index (χ4n) is 2.16. The van der Waals surface area contributed by atoms with Gasteiger partial charge in [-0.1, -0.05) is 17.7 Å². The number of halogens is 4. The van der Waals surface area contributed by atoms with Crippen LogP contribution in [0.15, 0.2) is 42.5 Å². The standard InChI is InChI=1S/C14H8ClF3N2S/c15-9-4-5-12-11(7-9)19-13(21)20(12)10-3-1-2-8(6-10)14(16,17)18/h1-7H,(H,19,21). The zero-order valence-corrected chi connectivity index (χ0v) is 12.0. The number of hydrogen-bond acceptors (Lipinski definition) is 1. The summed E-state index contributed by atoms with van der Waals surface area (Å²) < 4.78 is 40.3. The van der Waals surface area contributed by atoms with E-state index in [-0.39, 0.29) is 0 Å². The molecule has 0 amide bonds. The number of benzene rings is 2. The molecule has 21 heavy (non-hydrogen) atoms. The lowest BCUT2D eigenvalue weighted by Crippen LogP contribution is -2.06. The van der Waals surface area contributed by atoms with Crippen LogP contribution in [0.2, 0.25) is 5.02 Å². The van der Waals surface area contributed by atoms with Crippen LogP contribution in [-0.4, -0.2) is 9.55 Å². The third-order valence-electron chi connectivity index (χ3n) is 3.08.